The molecule has 1 aliphatic heterocycles. The lowest BCUT2D eigenvalue weighted by Gasteiger charge is -2.29. The van der Waals surface area contributed by atoms with Crippen LogP contribution < -0.4 is 15.0 Å². The summed E-state index contributed by atoms with van der Waals surface area (Å²) < 4.78 is 9.31. The molecule has 2 aliphatic rings. The molecule has 4 heterocycles. The molecule has 34 heavy (non-hydrogen) atoms. The van der Waals surface area contributed by atoms with Gasteiger partial charge in [-0.05, 0) is 37.7 Å². The number of urea groups is 1. The Bertz CT molecular complexity index is 1220. The van der Waals surface area contributed by atoms with Gasteiger partial charge in [0.2, 0.25) is 5.13 Å². The van der Waals surface area contributed by atoms with Crippen LogP contribution in [0.2, 0.25) is 0 Å². The summed E-state index contributed by atoms with van der Waals surface area (Å²) in [7, 11) is 2.05. The van der Waals surface area contributed by atoms with E-state index < -0.39 is 6.10 Å². The second-order valence-electron chi connectivity index (χ2n) is 9.01. The van der Waals surface area contributed by atoms with Gasteiger partial charge < -0.3 is 24.6 Å². The van der Waals surface area contributed by atoms with Gasteiger partial charge in [-0.1, -0.05) is 0 Å². The minimum atomic E-state index is -0.618. The van der Waals surface area contributed by atoms with Crippen LogP contribution in [-0.4, -0.2) is 74.3 Å². The zero-order valence-corrected chi connectivity index (χ0v) is 19.7. The molecule has 3 N–H and O–H groups in total. The van der Waals surface area contributed by atoms with Crippen molar-refractivity contribution >= 4 is 39.4 Å². The number of ether oxygens (including phenoxy) is 1. The normalized spacial score (nSPS) is 22.4. The van der Waals surface area contributed by atoms with Crippen LogP contribution in [0.1, 0.15) is 25.3 Å². The number of hydrogen-bond acceptors (Lipinski definition) is 9. The SMILES string of the molecule is CC(O)COc1nsc(NC(=O)N2C[C@H]3C[C@H](N(C)c4c(C#N)cnc5[nH]ccc45)C[C@H]3C2)n1. The highest BCUT2D eigenvalue weighted by atomic mass is 32.1. The van der Waals surface area contributed by atoms with Crippen molar-refractivity contribution in [2.75, 3.05) is 37.0 Å². The number of carbonyl (C=O) groups excluding carboxylic acids is 1. The molecule has 1 unspecified atom stereocenters. The number of nitrogens with one attached hydrogen (secondary N) is 2. The maximum atomic E-state index is 12.8. The Morgan fingerprint density at radius 2 is 2.24 bits per heavy atom. The van der Waals surface area contributed by atoms with Crippen molar-refractivity contribution in [1.82, 2.24) is 24.2 Å². The van der Waals surface area contributed by atoms with E-state index in [1.807, 2.05) is 24.2 Å². The highest BCUT2D eigenvalue weighted by molar-refractivity contribution is 7.10. The summed E-state index contributed by atoms with van der Waals surface area (Å²) in [4.78, 5) is 28.4. The number of pyridine rings is 1. The monoisotopic (exact) mass is 482 g/mol. The van der Waals surface area contributed by atoms with Gasteiger partial charge in [-0.15, -0.1) is 4.37 Å². The average Bonchev–Trinajstić information content (AvgIpc) is 3.59. The van der Waals surface area contributed by atoms with E-state index in [9.17, 15) is 15.2 Å². The Balaban J connectivity index is 1.20. The summed E-state index contributed by atoms with van der Waals surface area (Å²) in [6.45, 7) is 3.08. The van der Waals surface area contributed by atoms with Gasteiger partial charge >= 0.3 is 12.0 Å². The third-order valence-electron chi connectivity index (χ3n) is 6.67. The Kier molecular flexibility index (Phi) is 5.97. The molecule has 4 atom stereocenters. The fourth-order valence-corrected chi connectivity index (χ4v) is 5.58. The van der Waals surface area contributed by atoms with Crippen molar-refractivity contribution < 1.29 is 14.6 Å². The van der Waals surface area contributed by atoms with Crippen molar-refractivity contribution in [3.63, 3.8) is 0 Å². The molecule has 2 amide bonds. The molecule has 1 saturated carbocycles. The zero-order valence-electron chi connectivity index (χ0n) is 18.9. The highest BCUT2D eigenvalue weighted by Gasteiger charge is 2.44. The summed E-state index contributed by atoms with van der Waals surface area (Å²) in [5.74, 6) is 0.818. The maximum Gasteiger partial charge on any atom is 0.330 e. The third kappa shape index (κ3) is 4.24. The molecular formula is C22H26N8O3S. The lowest BCUT2D eigenvalue weighted by molar-refractivity contribution is 0.117. The van der Waals surface area contributed by atoms with Crippen LogP contribution in [0, 0.1) is 23.2 Å². The number of aliphatic hydroxyl groups excluding tert-OH is 1. The third-order valence-corrected chi connectivity index (χ3v) is 7.28. The summed E-state index contributed by atoms with van der Waals surface area (Å²) >= 11 is 1.05. The predicted octanol–water partition coefficient (Wildman–Crippen LogP) is 2.42. The smallest absolute Gasteiger partial charge is 0.330 e. The lowest BCUT2D eigenvalue weighted by Crippen LogP contribution is -2.36. The van der Waals surface area contributed by atoms with Crippen molar-refractivity contribution in [3.05, 3.63) is 24.0 Å². The molecular weight excluding hydrogens is 456 g/mol. The molecule has 3 aromatic rings. The minimum Gasteiger partial charge on any atom is -0.460 e. The molecule has 0 bridgehead atoms. The van der Waals surface area contributed by atoms with E-state index in [4.69, 9.17) is 4.74 Å². The van der Waals surface area contributed by atoms with Crippen LogP contribution in [0.25, 0.3) is 11.0 Å². The number of nitrogens with zero attached hydrogens (tertiary/aromatic N) is 6. The number of fused-ring (bicyclic) bond motifs is 2. The number of carbonyl (C=O) groups is 1. The van der Waals surface area contributed by atoms with Gasteiger partial charge in [-0.3, -0.25) is 5.32 Å². The number of anilines is 2. The fraction of sp³-hybridized carbons (Fsp3) is 0.500. The van der Waals surface area contributed by atoms with Gasteiger partial charge in [0.15, 0.2) is 0 Å². The number of likely N-dealkylation sites (tertiary alicyclic amines) is 1. The van der Waals surface area contributed by atoms with Gasteiger partial charge in [0.25, 0.3) is 0 Å². The topological polar surface area (TPSA) is 143 Å². The van der Waals surface area contributed by atoms with Crippen molar-refractivity contribution in [2.45, 2.75) is 31.9 Å². The first-order chi connectivity index (χ1) is 16.4. The zero-order chi connectivity index (χ0) is 23.8. The first-order valence-electron chi connectivity index (χ1n) is 11.2. The highest BCUT2D eigenvalue weighted by Crippen LogP contribution is 2.42. The van der Waals surface area contributed by atoms with Crippen LogP contribution in [-0.2, 0) is 0 Å². The van der Waals surface area contributed by atoms with E-state index in [1.165, 1.54) is 0 Å². The molecule has 1 saturated heterocycles. The van der Waals surface area contributed by atoms with Gasteiger partial charge in [0.05, 0.1) is 17.4 Å². The summed E-state index contributed by atoms with van der Waals surface area (Å²) in [6.07, 6.45) is 4.77. The molecule has 11 nitrogen and oxygen atoms in total. The Labute approximate surface area is 200 Å². The van der Waals surface area contributed by atoms with Gasteiger partial charge in [-0.2, -0.15) is 10.2 Å². The van der Waals surface area contributed by atoms with Crippen LogP contribution in [0.4, 0.5) is 15.6 Å². The number of aliphatic hydroxyl groups is 1. The van der Waals surface area contributed by atoms with Gasteiger partial charge in [0.1, 0.15) is 18.3 Å². The number of hydrogen-bond donors (Lipinski definition) is 3. The molecule has 178 valence electrons. The maximum absolute atomic E-state index is 12.8. The van der Waals surface area contributed by atoms with E-state index in [0.29, 0.717) is 41.7 Å². The van der Waals surface area contributed by atoms with E-state index in [-0.39, 0.29) is 18.6 Å². The van der Waals surface area contributed by atoms with E-state index in [0.717, 1.165) is 41.1 Å². The molecule has 0 radical (unpaired) electrons. The van der Waals surface area contributed by atoms with Crippen LogP contribution in [0.3, 0.4) is 0 Å². The summed E-state index contributed by atoms with van der Waals surface area (Å²) in [5, 5.41) is 23.1. The molecule has 2 fully saturated rings. The second kappa shape index (κ2) is 9.08. The quantitative estimate of drug-likeness (QED) is 0.486. The lowest BCUT2D eigenvalue weighted by atomic mass is 10.0. The molecule has 0 spiro atoms. The Hall–Kier alpha value is -3.43. The Morgan fingerprint density at radius 1 is 1.47 bits per heavy atom. The number of amides is 2. The van der Waals surface area contributed by atoms with E-state index in [1.54, 1.807) is 13.1 Å². The number of aromatic amines is 1. The summed E-state index contributed by atoms with van der Waals surface area (Å²) in [6, 6.07) is 4.50. The van der Waals surface area contributed by atoms with Crippen molar-refractivity contribution in [2.24, 2.45) is 11.8 Å². The number of rotatable bonds is 6. The van der Waals surface area contributed by atoms with Gasteiger partial charge in [-0.25, -0.2) is 9.78 Å². The molecule has 12 heteroatoms. The van der Waals surface area contributed by atoms with Crippen LogP contribution >= 0.6 is 11.5 Å². The standard InChI is InChI=1S/C22H26N8O3S/c1-12(31)11-33-20-26-21(34-28-20)27-22(32)30-9-13-5-16(6-14(13)10-30)29(2)18-15(7-23)8-25-19-17(18)3-4-24-19/h3-4,8,12-14,16,31H,5-6,9-11H2,1-2H3,(H,24,25)(H,26,27,28,32)/t12?,13-,14+,16+. The summed E-state index contributed by atoms with van der Waals surface area (Å²) in [5.41, 5.74) is 2.26. The van der Waals surface area contributed by atoms with Crippen LogP contribution in [0.5, 0.6) is 6.01 Å². The van der Waals surface area contributed by atoms with Crippen molar-refractivity contribution in [3.8, 4) is 12.1 Å². The average molecular weight is 483 g/mol. The fourth-order valence-electron chi connectivity index (χ4n) is 5.07. The second-order valence-corrected chi connectivity index (χ2v) is 9.76. The Morgan fingerprint density at radius 3 is 2.94 bits per heavy atom. The minimum absolute atomic E-state index is 0.0974. The van der Waals surface area contributed by atoms with E-state index in [2.05, 4.69) is 35.6 Å². The molecule has 1 aliphatic carbocycles. The number of H-pyrrole nitrogens is 1. The van der Waals surface area contributed by atoms with Crippen molar-refractivity contribution in [1.29, 1.82) is 5.26 Å². The van der Waals surface area contributed by atoms with E-state index >= 15 is 0 Å². The number of nitriles is 1. The molecule has 3 aromatic heterocycles. The predicted molar refractivity (Wildman–Crippen MR) is 127 cm³/mol. The first kappa shape index (κ1) is 22.4. The van der Waals surface area contributed by atoms with Gasteiger partial charge in [0, 0.05) is 55.5 Å². The molecule has 0 aromatic carbocycles. The number of aromatic nitrogens is 4. The first-order valence-corrected chi connectivity index (χ1v) is 12.0. The van der Waals surface area contributed by atoms with Crippen LogP contribution in [0.15, 0.2) is 18.5 Å². The molecule has 5 rings (SSSR count). The largest absolute Gasteiger partial charge is 0.460 e.